The van der Waals surface area contributed by atoms with Crippen molar-refractivity contribution in [1.82, 2.24) is 10.2 Å². The number of para-hydroxylation sites is 1. The molecule has 1 heterocycles. The van der Waals surface area contributed by atoms with E-state index >= 15 is 0 Å². The van der Waals surface area contributed by atoms with Crippen LogP contribution in [0.3, 0.4) is 0 Å². The largest absolute Gasteiger partial charge is 0.493 e. The number of aromatic nitrogens is 2. The van der Waals surface area contributed by atoms with Crippen LogP contribution >= 0.6 is 0 Å². The summed E-state index contributed by atoms with van der Waals surface area (Å²) in [7, 11) is 0. The molecular weight excluding hydrogens is 356 g/mol. The van der Waals surface area contributed by atoms with Gasteiger partial charge >= 0.3 is 5.97 Å². The smallest absolute Gasteiger partial charge is 0.331 e. The predicted molar refractivity (Wildman–Crippen MR) is 106 cm³/mol. The van der Waals surface area contributed by atoms with Crippen molar-refractivity contribution in [1.29, 1.82) is 0 Å². The highest BCUT2D eigenvalue weighted by Crippen LogP contribution is 2.23. The summed E-state index contributed by atoms with van der Waals surface area (Å²) in [6.45, 7) is 6.15. The molecule has 0 saturated carbocycles. The second-order valence-corrected chi connectivity index (χ2v) is 6.19. The molecule has 0 radical (unpaired) electrons. The van der Waals surface area contributed by atoms with Crippen molar-refractivity contribution in [3.8, 4) is 17.2 Å². The van der Waals surface area contributed by atoms with Crippen molar-refractivity contribution in [3.63, 3.8) is 0 Å². The Morgan fingerprint density at radius 2 is 1.89 bits per heavy atom. The van der Waals surface area contributed by atoms with Crippen molar-refractivity contribution < 1.29 is 18.7 Å². The van der Waals surface area contributed by atoms with Crippen LogP contribution < -0.4 is 4.74 Å². The molecular formula is C22H22N2O4. The van der Waals surface area contributed by atoms with Crippen molar-refractivity contribution in [2.45, 2.75) is 26.9 Å². The highest BCUT2D eigenvalue weighted by molar-refractivity contribution is 5.87. The van der Waals surface area contributed by atoms with Gasteiger partial charge in [0.25, 0.3) is 5.89 Å². The fraction of sp³-hybridized carbons (Fsp3) is 0.227. The van der Waals surface area contributed by atoms with E-state index in [1.165, 1.54) is 6.08 Å². The van der Waals surface area contributed by atoms with Gasteiger partial charge in [-0.3, -0.25) is 0 Å². The van der Waals surface area contributed by atoms with Gasteiger partial charge in [0, 0.05) is 17.2 Å². The van der Waals surface area contributed by atoms with Gasteiger partial charge in [-0.25, -0.2) is 4.79 Å². The molecule has 0 fully saturated rings. The monoisotopic (exact) mass is 378 g/mol. The third-order valence-corrected chi connectivity index (χ3v) is 4.00. The fourth-order valence-electron chi connectivity index (χ4n) is 2.54. The van der Waals surface area contributed by atoms with Crippen LogP contribution in [0.15, 0.2) is 59.0 Å². The SMILES string of the molecule is CCOc1ccccc1/C=C/C(=O)OC(C)c1nnc(-c2ccc(C)cc2)o1. The number of nitrogens with zero attached hydrogens (tertiary/aromatic N) is 2. The van der Waals surface area contributed by atoms with Crippen LogP contribution in [0, 0.1) is 6.92 Å². The van der Waals surface area contributed by atoms with E-state index in [0.717, 1.165) is 16.7 Å². The van der Waals surface area contributed by atoms with E-state index in [1.807, 2.05) is 62.4 Å². The average Bonchev–Trinajstić information content (AvgIpc) is 3.18. The minimum absolute atomic E-state index is 0.243. The van der Waals surface area contributed by atoms with Crippen molar-refractivity contribution >= 4 is 12.0 Å². The van der Waals surface area contributed by atoms with Crippen molar-refractivity contribution in [3.05, 3.63) is 71.6 Å². The van der Waals surface area contributed by atoms with Gasteiger partial charge in [-0.2, -0.15) is 0 Å². The summed E-state index contributed by atoms with van der Waals surface area (Å²) in [6.07, 6.45) is 2.35. The third kappa shape index (κ3) is 4.85. The van der Waals surface area contributed by atoms with Crippen LogP contribution in [0.5, 0.6) is 5.75 Å². The number of ether oxygens (including phenoxy) is 2. The molecule has 3 rings (SSSR count). The molecule has 1 unspecified atom stereocenters. The molecule has 0 aliphatic rings. The van der Waals surface area contributed by atoms with Gasteiger partial charge in [0.1, 0.15) is 5.75 Å². The normalized spacial score (nSPS) is 12.1. The van der Waals surface area contributed by atoms with Gasteiger partial charge in [-0.15, -0.1) is 10.2 Å². The summed E-state index contributed by atoms with van der Waals surface area (Å²) in [5.74, 6) is 0.835. The molecule has 6 heteroatoms. The summed E-state index contributed by atoms with van der Waals surface area (Å²) in [5.41, 5.74) is 2.76. The molecule has 6 nitrogen and oxygen atoms in total. The molecule has 0 saturated heterocycles. The summed E-state index contributed by atoms with van der Waals surface area (Å²) >= 11 is 0. The van der Waals surface area contributed by atoms with Crippen LogP contribution in [0.25, 0.3) is 17.5 Å². The van der Waals surface area contributed by atoms with Crippen LogP contribution in [-0.2, 0) is 9.53 Å². The molecule has 2 aromatic carbocycles. The first-order valence-corrected chi connectivity index (χ1v) is 9.07. The fourth-order valence-corrected chi connectivity index (χ4v) is 2.54. The molecule has 1 atom stereocenters. The zero-order valence-electron chi connectivity index (χ0n) is 16.1. The van der Waals surface area contributed by atoms with E-state index in [4.69, 9.17) is 13.9 Å². The van der Waals surface area contributed by atoms with Gasteiger partial charge in [-0.1, -0.05) is 35.9 Å². The number of esters is 1. The van der Waals surface area contributed by atoms with Gasteiger partial charge in [0.15, 0.2) is 6.10 Å². The highest BCUT2D eigenvalue weighted by atomic mass is 16.6. The van der Waals surface area contributed by atoms with Crippen LogP contribution in [-0.4, -0.2) is 22.8 Å². The molecule has 0 spiro atoms. The van der Waals surface area contributed by atoms with Gasteiger partial charge < -0.3 is 13.9 Å². The summed E-state index contributed by atoms with van der Waals surface area (Å²) in [5, 5.41) is 8.01. The Kier molecular flexibility index (Phi) is 6.22. The maximum atomic E-state index is 12.1. The Hall–Kier alpha value is -3.41. The lowest BCUT2D eigenvalue weighted by atomic mass is 10.1. The molecule has 28 heavy (non-hydrogen) atoms. The maximum Gasteiger partial charge on any atom is 0.331 e. The lowest BCUT2D eigenvalue weighted by Gasteiger charge is -2.08. The molecule has 0 bridgehead atoms. The molecule has 1 aromatic heterocycles. The lowest BCUT2D eigenvalue weighted by Crippen LogP contribution is -2.06. The quantitative estimate of drug-likeness (QED) is 0.436. The van der Waals surface area contributed by atoms with Crippen LogP contribution in [0.1, 0.15) is 37.0 Å². The molecule has 0 aliphatic heterocycles. The molecule has 0 amide bonds. The topological polar surface area (TPSA) is 74.5 Å². The zero-order valence-corrected chi connectivity index (χ0v) is 16.1. The second kappa shape index (κ2) is 8.99. The molecule has 144 valence electrons. The number of rotatable bonds is 7. The van der Waals surface area contributed by atoms with Gasteiger partial charge in [0.2, 0.25) is 5.89 Å². The highest BCUT2D eigenvalue weighted by Gasteiger charge is 2.18. The zero-order chi connectivity index (χ0) is 19.9. The van der Waals surface area contributed by atoms with Crippen LogP contribution in [0.2, 0.25) is 0 Å². The first-order valence-electron chi connectivity index (χ1n) is 9.07. The third-order valence-electron chi connectivity index (χ3n) is 4.00. The van der Waals surface area contributed by atoms with Crippen molar-refractivity contribution in [2.24, 2.45) is 0 Å². The Morgan fingerprint density at radius 3 is 2.64 bits per heavy atom. The van der Waals surface area contributed by atoms with E-state index in [0.29, 0.717) is 18.2 Å². The van der Waals surface area contributed by atoms with E-state index < -0.39 is 12.1 Å². The summed E-state index contributed by atoms with van der Waals surface area (Å²) in [6, 6.07) is 15.2. The van der Waals surface area contributed by atoms with E-state index in [9.17, 15) is 4.79 Å². The van der Waals surface area contributed by atoms with E-state index in [-0.39, 0.29) is 5.89 Å². The summed E-state index contributed by atoms with van der Waals surface area (Å²) in [4.78, 5) is 12.1. The van der Waals surface area contributed by atoms with Crippen LogP contribution in [0.4, 0.5) is 0 Å². The predicted octanol–water partition coefficient (Wildman–Crippen LogP) is 4.76. The van der Waals surface area contributed by atoms with Gasteiger partial charge in [-0.05, 0) is 45.0 Å². The maximum absolute atomic E-state index is 12.1. The minimum atomic E-state index is -0.661. The van der Waals surface area contributed by atoms with E-state index in [2.05, 4.69) is 10.2 Å². The first kappa shape index (κ1) is 19.4. The molecule has 3 aromatic rings. The minimum Gasteiger partial charge on any atom is -0.493 e. The Morgan fingerprint density at radius 1 is 1.14 bits per heavy atom. The number of benzene rings is 2. The molecule has 0 N–H and O–H groups in total. The lowest BCUT2D eigenvalue weighted by molar-refractivity contribution is -0.143. The van der Waals surface area contributed by atoms with Crippen molar-refractivity contribution in [2.75, 3.05) is 6.61 Å². The molecule has 0 aliphatic carbocycles. The summed E-state index contributed by atoms with van der Waals surface area (Å²) < 4.78 is 16.5. The Balaban J connectivity index is 1.64. The second-order valence-electron chi connectivity index (χ2n) is 6.19. The van der Waals surface area contributed by atoms with Gasteiger partial charge in [0.05, 0.1) is 6.61 Å². The number of hydrogen-bond donors (Lipinski definition) is 0. The number of carbonyl (C=O) groups excluding carboxylic acids is 1. The first-order chi connectivity index (χ1) is 13.6. The number of aryl methyl sites for hydroxylation is 1. The standard InChI is InChI=1S/C22H22N2O4/c1-4-26-19-8-6-5-7-17(19)13-14-20(25)27-16(3)21-23-24-22(28-21)18-11-9-15(2)10-12-18/h5-14,16H,4H2,1-3H3/b14-13+. The Bertz CT molecular complexity index is 961. The Labute approximate surface area is 163 Å². The number of carbonyl (C=O) groups is 1. The average molecular weight is 378 g/mol. The number of hydrogen-bond acceptors (Lipinski definition) is 6. The van der Waals surface area contributed by atoms with E-state index in [1.54, 1.807) is 13.0 Å².